The van der Waals surface area contributed by atoms with Crippen LogP contribution in [0.4, 0.5) is 0 Å². The highest BCUT2D eigenvalue weighted by Gasteiger charge is 2.24. The summed E-state index contributed by atoms with van der Waals surface area (Å²) in [6, 6.07) is 0.120. The van der Waals surface area contributed by atoms with Crippen molar-refractivity contribution in [3.63, 3.8) is 0 Å². The average Bonchev–Trinajstić information content (AvgIpc) is 2.31. The first-order valence-electron chi connectivity index (χ1n) is 6.14. The Morgan fingerprint density at radius 3 is 2.47 bits per heavy atom. The first kappa shape index (κ1) is 17.2. The number of rotatable bonds is 10. The molecule has 104 valence electrons. The van der Waals surface area contributed by atoms with E-state index in [1.54, 1.807) is 23.1 Å². The summed E-state index contributed by atoms with van der Waals surface area (Å²) in [6.45, 7) is 5.71. The normalized spacial score (nSPS) is 14.2. The van der Waals surface area contributed by atoms with Gasteiger partial charge >= 0.3 is 0 Å². The molecule has 0 aromatic rings. The minimum absolute atomic E-state index is 0.120. The lowest BCUT2D eigenvalue weighted by Crippen LogP contribution is -2.40. The van der Waals surface area contributed by atoms with E-state index in [0.717, 1.165) is 25.3 Å². The Labute approximate surface area is 111 Å². The zero-order valence-corrected chi connectivity index (χ0v) is 13.0. The van der Waals surface area contributed by atoms with E-state index in [-0.39, 0.29) is 11.8 Å². The molecule has 1 atom stereocenters. The molecule has 0 bridgehead atoms. The van der Waals surface area contributed by atoms with Gasteiger partial charge in [0.25, 0.3) is 0 Å². The van der Waals surface area contributed by atoms with E-state index in [4.69, 9.17) is 0 Å². The SMILES string of the molecule is CCNCCCS(=O)(=O)N(C)C(CC)CSC. The molecule has 1 unspecified atom stereocenters. The van der Waals surface area contributed by atoms with Crippen molar-refractivity contribution in [3.8, 4) is 0 Å². The van der Waals surface area contributed by atoms with Crippen LogP contribution in [-0.4, -0.2) is 56.7 Å². The largest absolute Gasteiger partial charge is 0.317 e. The number of hydrogen-bond donors (Lipinski definition) is 1. The lowest BCUT2D eigenvalue weighted by molar-refractivity contribution is 0.384. The molecule has 0 heterocycles. The first-order valence-corrected chi connectivity index (χ1v) is 9.15. The van der Waals surface area contributed by atoms with Crippen LogP contribution in [0.15, 0.2) is 0 Å². The number of thioether (sulfide) groups is 1. The molecule has 4 nitrogen and oxygen atoms in total. The summed E-state index contributed by atoms with van der Waals surface area (Å²) in [6.07, 6.45) is 3.55. The van der Waals surface area contributed by atoms with Gasteiger partial charge in [-0.3, -0.25) is 0 Å². The van der Waals surface area contributed by atoms with E-state index < -0.39 is 10.0 Å². The summed E-state index contributed by atoms with van der Waals surface area (Å²) in [5, 5.41) is 3.14. The molecular weight excluding hydrogens is 256 g/mol. The monoisotopic (exact) mass is 282 g/mol. The molecule has 0 spiro atoms. The number of nitrogens with zero attached hydrogens (tertiary/aromatic N) is 1. The van der Waals surface area contributed by atoms with E-state index in [0.29, 0.717) is 6.42 Å². The Hall–Kier alpha value is 0.220. The van der Waals surface area contributed by atoms with Crippen LogP contribution in [0.1, 0.15) is 26.7 Å². The molecule has 0 fully saturated rings. The van der Waals surface area contributed by atoms with Gasteiger partial charge in [-0.05, 0) is 32.2 Å². The van der Waals surface area contributed by atoms with Crippen molar-refractivity contribution >= 4 is 21.8 Å². The lowest BCUT2D eigenvalue weighted by Gasteiger charge is -2.26. The average molecular weight is 282 g/mol. The molecule has 0 aliphatic rings. The molecule has 0 rings (SSSR count). The van der Waals surface area contributed by atoms with Crippen molar-refractivity contribution in [2.75, 3.05) is 37.9 Å². The Kier molecular flexibility index (Phi) is 9.31. The molecule has 0 amide bonds. The standard InChI is InChI=1S/C11H26N2O2S2/c1-5-11(10-16-4)13(3)17(14,15)9-7-8-12-6-2/h11-12H,5-10H2,1-4H3. The summed E-state index contributed by atoms with van der Waals surface area (Å²) in [5.41, 5.74) is 0. The van der Waals surface area contributed by atoms with Crippen LogP contribution in [0.5, 0.6) is 0 Å². The lowest BCUT2D eigenvalue weighted by atomic mass is 10.3. The van der Waals surface area contributed by atoms with E-state index in [2.05, 4.69) is 5.32 Å². The van der Waals surface area contributed by atoms with E-state index in [1.165, 1.54) is 0 Å². The van der Waals surface area contributed by atoms with Gasteiger partial charge in [-0.2, -0.15) is 11.8 Å². The second kappa shape index (κ2) is 9.19. The third kappa shape index (κ3) is 6.64. The summed E-state index contributed by atoms with van der Waals surface area (Å²) < 4.78 is 25.7. The Morgan fingerprint density at radius 2 is 2.00 bits per heavy atom. The van der Waals surface area contributed by atoms with Crippen LogP contribution < -0.4 is 5.32 Å². The molecule has 17 heavy (non-hydrogen) atoms. The fourth-order valence-corrected chi connectivity index (χ4v) is 4.01. The van der Waals surface area contributed by atoms with E-state index >= 15 is 0 Å². The van der Waals surface area contributed by atoms with Gasteiger partial charge in [-0.1, -0.05) is 13.8 Å². The number of hydrogen-bond acceptors (Lipinski definition) is 4. The molecule has 0 aromatic heterocycles. The van der Waals surface area contributed by atoms with Crippen molar-refractivity contribution in [3.05, 3.63) is 0 Å². The third-order valence-electron chi connectivity index (χ3n) is 2.79. The maximum absolute atomic E-state index is 12.1. The van der Waals surface area contributed by atoms with Crippen molar-refractivity contribution in [2.45, 2.75) is 32.7 Å². The maximum atomic E-state index is 12.1. The highest BCUT2D eigenvalue weighted by Crippen LogP contribution is 2.13. The molecule has 0 saturated carbocycles. The Bertz CT molecular complexity index is 281. The van der Waals surface area contributed by atoms with Crippen molar-refractivity contribution in [1.29, 1.82) is 0 Å². The van der Waals surface area contributed by atoms with Gasteiger partial charge in [-0.15, -0.1) is 0 Å². The van der Waals surface area contributed by atoms with Crippen molar-refractivity contribution in [1.82, 2.24) is 9.62 Å². The zero-order chi connectivity index (χ0) is 13.3. The maximum Gasteiger partial charge on any atom is 0.214 e. The van der Waals surface area contributed by atoms with Crippen LogP contribution in [0.25, 0.3) is 0 Å². The van der Waals surface area contributed by atoms with Gasteiger partial charge in [-0.25, -0.2) is 12.7 Å². The van der Waals surface area contributed by atoms with Crippen LogP contribution in [0.3, 0.4) is 0 Å². The third-order valence-corrected chi connectivity index (χ3v) is 5.49. The highest BCUT2D eigenvalue weighted by molar-refractivity contribution is 7.98. The van der Waals surface area contributed by atoms with Gasteiger partial charge in [0.15, 0.2) is 0 Å². The fourth-order valence-electron chi connectivity index (χ4n) is 1.60. The molecule has 0 aliphatic carbocycles. The van der Waals surface area contributed by atoms with Crippen LogP contribution in [0.2, 0.25) is 0 Å². The topological polar surface area (TPSA) is 49.4 Å². The van der Waals surface area contributed by atoms with Crippen LogP contribution in [-0.2, 0) is 10.0 Å². The smallest absolute Gasteiger partial charge is 0.214 e. The quantitative estimate of drug-likeness (QED) is 0.615. The zero-order valence-electron chi connectivity index (χ0n) is 11.4. The summed E-state index contributed by atoms with van der Waals surface area (Å²) in [7, 11) is -1.39. The van der Waals surface area contributed by atoms with Gasteiger partial charge in [0.1, 0.15) is 0 Å². The summed E-state index contributed by atoms with van der Waals surface area (Å²) in [4.78, 5) is 0. The molecule has 0 aromatic carbocycles. The Balaban J connectivity index is 4.26. The minimum atomic E-state index is -3.09. The second-order valence-electron chi connectivity index (χ2n) is 4.06. The van der Waals surface area contributed by atoms with Crippen LogP contribution in [0, 0.1) is 0 Å². The summed E-state index contributed by atoms with van der Waals surface area (Å²) >= 11 is 1.69. The number of sulfonamides is 1. The van der Waals surface area contributed by atoms with Gasteiger partial charge < -0.3 is 5.32 Å². The molecule has 6 heteroatoms. The predicted octanol–water partition coefficient (Wildman–Crippen LogP) is 1.39. The van der Waals surface area contributed by atoms with Gasteiger partial charge in [0.2, 0.25) is 10.0 Å². The van der Waals surface area contributed by atoms with E-state index in [9.17, 15) is 8.42 Å². The van der Waals surface area contributed by atoms with Gasteiger partial charge in [0.05, 0.1) is 5.75 Å². The highest BCUT2D eigenvalue weighted by atomic mass is 32.2. The summed E-state index contributed by atoms with van der Waals surface area (Å²) in [5.74, 6) is 1.10. The molecule has 0 aliphatic heterocycles. The molecular formula is C11H26N2O2S2. The minimum Gasteiger partial charge on any atom is -0.317 e. The van der Waals surface area contributed by atoms with Crippen molar-refractivity contribution < 1.29 is 8.42 Å². The van der Waals surface area contributed by atoms with E-state index in [1.807, 2.05) is 20.1 Å². The molecule has 0 saturated heterocycles. The predicted molar refractivity (Wildman–Crippen MR) is 77.2 cm³/mol. The first-order chi connectivity index (χ1) is 7.99. The van der Waals surface area contributed by atoms with Crippen LogP contribution >= 0.6 is 11.8 Å². The molecule has 0 radical (unpaired) electrons. The second-order valence-corrected chi connectivity index (χ2v) is 7.12. The van der Waals surface area contributed by atoms with Crippen molar-refractivity contribution in [2.24, 2.45) is 0 Å². The Morgan fingerprint density at radius 1 is 1.35 bits per heavy atom. The number of nitrogens with one attached hydrogen (secondary N) is 1. The fraction of sp³-hybridized carbons (Fsp3) is 1.00. The molecule has 1 N–H and O–H groups in total. The van der Waals surface area contributed by atoms with Gasteiger partial charge in [0, 0.05) is 18.8 Å².